The lowest BCUT2D eigenvalue weighted by atomic mass is 10.1. The topological polar surface area (TPSA) is 76.0 Å². The van der Waals surface area contributed by atoms with Gasteiger partial charge in [-0.25, -0.2) is 4.68 Å². The molecular weight excluding hydrogens is 348 g/mol. The predicted molar refractivity (Wildman–Crippen MR) is 102 cm³/mol. The molecule has 2 heterocycles. The number of para-hydroxylation sites is 1. The van der Waals surface area contributed by atoms with Crippen LogP contribution in [0, 0.1) is 6.92 Å². The van der Waals surface area contributed by atoms with E-state index in [0.29, 0.717) is 5.56 Å². The Morgan fingerprint density at radius 2 is 2.00 bits per heavy atom. The van der Waals surface area contributed by atoms with Crippen LogP contribution in [0.5, 0.6) is 0 Å². The third-order valence-corrected chi connectivity index (χ3v) is 4.77. The number of carbonyl (C=O) groups excluding carboxylic acids is 2. The van der Waals surface area contributed by atoms with Crippen molar-refractivity contribution in [2.75, 3.05) is 6.54 Å². The molecule has 0 fully saturated rings. The van der Waals surface area contributed by atoms with E-state index in [1.165, 1.54) is 11.3 Å². The number of hydrogen-bond acceptors (Lipinski definition) is 4. The number of nitrogens with zero attached hydrogens (tertiary/aromatic N) is 2. The van der Waals surface area contributed by atoms with Gasteiger partial charge in [-0.05, 0) is 37.4 Å². The highest BCUT2D eigenvalue weighted by Gasteiger charge is 2.17. The number of benzene rings is 1. The van der Waals surface area contributed by atoms with Crippen LogP contribution in [-0.4, -0.2) is 28.1 Å². The Kier molecular flexibility index (Phi) is 5.48. The fraction of sp³-hybridized carbons (Fsp3) is 0.211. The summed E-state index contributed by atoms with van der Waals surface area (Å²) in [6.07, 6.45) is 1.76. The first-order valence-corrected chi connectivity index (χ1v) is 9.20. The molecule has 134 valence electrons. The Balaban J connectivity index is 1.59. The van der Waals surface area contributed by atoms with E-state index in [1.807, 2.05) is 54.2 Å². The first-order chi connectivity index (χ1) is 12.6. The predicted octanol–water partition coefficient (Wildman–Crippen LogP) is 2.85. The van der Waals surface area contributed by atoms with Gasteiger partial charge in [-0.1, -0.05) is 18.2 Å². The Bertz CT molecular complexity index is 888. The van der Waals surface area contributed by atoms with Crippen LogP contribution in [0.15, 0.2) is 53.4 Å². The maximum atomic E-state index is 12.1. The van der Waals surface area contributed by atoms with Crippen molar-refractivity contribution in [2.24, 2.45) is 0 Å². The SMILES string of the molecule is Cc1c([C@H](C)NC(=O)CNC(=O)c2ccsc2)cnn1-c1ccccc1. The molecule has 3 aromatic rings. The summed E-state index contributed by atoms with van der Waals surface area (Å²) in [5.74, 6) is -0.491. The minimum atomic E-state index is -0.248. The average molecular weight is 368 g/mol. The molecule has 2 N–H and O–H groups in total. The van der Waals surface area contributed by atoms with E-state index in [-0.39, 0.29) is 24.4 Å². The summed E-state index contributed by atoms with van der Waals surface area (Å²) in [7, 11) is 0. The van der Waals surface area contributed by atoms with Gasteiger partial charge >= 0.3 is 0 Å². The van der Waals surface area contributed by atoms with Crippen LogP contribution in [0.3, 0.4) is 0 Å². The molecule has 0 spiro atoms. The van der Waals surface area contributed by atoms with Crippen molar-refractivity contribution in [3.63, 3.8) is 0 Å². The standard InChI is InChI=1S/C19H20N4O2S/c1-13(22-18(24)11-20-19(25)15-8-9-26-12-15)17-10-21-23(14(17)2)16-6-4-3-5-7-16/h3-10,12-13H,11H2,1-2H3,(H,20,25)(H,22,24)/t13-/m0/s1. The zero-order valence-electron chi connectivity index (χ0n) is 14.6. The van der Waals surface area contributed by atoms with Crippen LogP contribution in [0.2, 0.25) is 0 Å². The molecule has 26 heavy (non-hydrogen) atoms. The molecular formula is C19H20N4O2S. The molecule has 0 bridgehead atoms. The number of amides is 2. The molecule has 6 nitrogen and oxygen atoms in total. The lowest BCUT2D eigenvalue weighted by Crippen LogP contribution is -2.38. The van der Waals surface area contributed by atoms with Crippen molar-refractivity contribution >= 4 is 23.2 Å². The maximum absolute atomic E-state index is 12.1. The Morgan fingerprint density at radius 1 is 1.23 bits per heavy atom. The molecule has 0 radical (unpaired) electrons. The number of thiophene rings is 1. The minimum Gasteiger partial charge on any atom is -0.348 e. The maximum Gasteiger partial charge on any atom is 0.252 e. The number of rotatable bonds is 6. The monoisotopic (exact) mass is 368 g/mol. The highest BCUT2D eigenvalue weighted by molar-refractivity contribution is 7.08. The summed E-state index contributed by atoms with van der Waals surface area (Å²) in [6.45, 7) is 3.80. The van der Waals surface area contributed by atoms with Crippen molar-refractivity contribution in [2.45, 2.75) is 19.9 Å². The van der Waals surface area contributed by atoms with Crippen molar-refractivity contribution in [1.29, 1.82) is 0 Å². The van der Waals surface area contributed by atoms with E-state index in [2.05, 4.69) is 15.7 Å². The summed E-state index contributed by atoms with van der Waals surface area (Å²) in [4.78, 5) is 24.0. The van der Waals surface area contributed by atoms with Gasteiger partial charge in [0, 0.05) is 22.2 Å². The second-order valence-electron chi connectivity index (χ2n) is 5.92. The first-order valence-electron chi connectivity index (χ1n) is 8.26. The third kappa shape index (κ3) is 4.00. The van der Waals surface area contributed by atoms with Gasteiger partial charge in [0.1, 0.15) is 0 Å². The fourth-order valence-corrected chi connectivity index (χ4v) is 3.34. The van der Waals surface area contributed by atoms with Crippen molar-refractivity contribution in [1.82, 2.24) is 20.4 Å². The molecule has 1 atom stereocenters. The zero-order chi connectivity index (χ0) is 18.5. The molecule has 0 aliphatic carbocycles. The molecule has 0 saturated heterocycles. The molecule has 2 aromatic heterocycles. The normalized spacial score (nSPS) is 11.8. The van der Waals surface area contributed by atoms with Crippen LogP contribution in [0.4, 0.5) is 0 Å². The van der Waals surface area contributed by atoms with E-state index in [4.69, 9.17) is 0 Å². The Hall–Kier alpha value is -2.93. The highest BCUT2D eigenvalue weighted by atomic mass is 32.1. The van der Waals surface area contributed by atoms with Gasteiger partial charge in [0.15, 0.2) is 0 Å². The summed E-state index contributed by atoms with van der Waals surface area (Å²) in [6, 6.07) is 11.3. The quantitative estimate of drug-likeness (QED) is 0.702. The molecule has 2 amide bonds. The molecule has 0 aliphatic rings. The minimum absolute atomic E-state index is 0.0646. The van der Waals surface area contributed by atoms with E-state index in [1.54, 1.807) is 17.6 Å². The van der Waals surface area contributed by atoms with E-state index in [0.717, 1.165) is 16.9 Å². The molecule has 1 aromatic carbocycles. The first kappa shape index (κ1) is 17.9. The summed E-state index contributed by atoms with van der Waals surface area (Å²) < 4.78 is 1.84. The molecule has 7 heteroatoms. The number of carbonyl (C=O) groups is 2. The number of nitrogens with one attached hydrogen (secondary N) is 2. The lowest BCUT2D eigenvalue weighted by molar-refractivity contribution is -0.120. The van der Waals surface area contributed by atoms with E-state index >= 15 is 0 Å². The summed E-state index contributed by atoms with van der Waals surface area (Å²) in [5.41, 5.74) is 3.44. The van der Waals surface area contributed by atoms with Gasteiger partial charge in [0.25, 0.3) is 5.91 Å². The molecule has 0 saturated carbocycles. The second-order valence-corrected chi connectivity index (χ2v) is 6.70. The van der Waals surface area contributed by atoms with Crippen molar-refractivity contribution in [3.8, 4) is 5.69 Å². The average Bonchev–Trinajstić information content (AvgIpc) is 3.30. The Labute approximate surface area is 155 Å². The van der Waals surface area contributed by atoms with Crippen LogP contribution in [-0.2, 0) is 4.79 Å². The molecule has 3 rings (SSSR count). The largest absolute Gasteiger partial charge is 0.348 e. The zero-order valence-corrected chi connectivity index (χ0v) is 15.4. The van der Waals surface area contributed by atoms with Gasteiger partial charge < -0.3 is 10.6 Å². The summed E-state index contributed by atoms with van der Waals surface area (Å²) in [5, 5.41) is 13.5. The van der Waals surface area contributed by atoms with Crippen LogP contribution in [0.25, 0.3) is 5.69 Å². The van der Waals surface area contributed by atoms with Gasteiger partial charge in [-0.15, -0.1) is 0 Å². The van der Waals surface area contributed by atoms with Crippen LogP contribution < -0.4 is 10.6 Å². The third-order valence-electron chi connectivity index (χ3n) is 4.09. The lowest BCUT2D eigenvalue weighted by Gasteiger charge is -2.14. The Morgan fingerprint density at radius 3 is 2.69 bits per heavy atom. The molecule has 0 aliphatic heterocycles. The van der Waals surface area contributed by atoms with Gasteiger partial charge in [-0.3, -0.25) is 9.59 Å². The number of aromatic nitrogens is 2. The second kappa shape index (κ2) is 7.97. The smallest absolute Gasteiger partial charge is 0.252 e. The number of hydrogen-bond donors (Lipinski definition) is 2. The summed E-state index contributed by atoms with van der Waals surface area (Å²) >= 11 is 1.44. The fourth-order valence-electron chi connectivity index (χ4n) is 2.70. The van der Waals surface area contributed by atoms with E-state index < -0.39 is 0 Å². The van der Waals surface area contributed by atoms with Crippen molar-refractivity contribution in [3.05, 3.63) is 70.2 Å². The van der Waals surface area contributed by atoms with Gasteiger partial charge in [0.05, 0.1) is 24.5 Å². The van der Waals surface area contributed by atoms with Crippen LogP contribution in [0.1, 0.15) is 34.6 Å². The van der Waals surface area contributed by atoms with Gasteiger partial charge in [0.2, 0.25) is 5.91 Å². The highest BCUT2D eigenvalue weighted by Crippen LogP contribution is 2.19. The van der Waals surface area contributed by atoms with Crippen LogP contribution >= 0.6 is 11.3 Å². The van der Waals surface area contributed by atoms with E-state index in [9.17, 15) is 9.59 Å². The van der Waals surface area contributed by atoms with Gasteiger partial charge in [-0.2, -0.15) is 16.4 Å². The van der Waals surface area contributed by atoms with Crippen molar-refractivity contribution < 1.29 is 9.59 Å². The molecule has 0 unspecified atom stereocenters.